The molecule has 156 valence electrons. The van der Waals surface area contributed by atoms with Crippen molar-refractivity contribution in [1.82, 2.24) is 20.3 Å². The van der Waals surface area contributed by atoms with Crippen molar-refractivity contribution in [3.05, 3.63) is 68.5 Å². The highest BCUT2D eigenvalue weighted by Crippen LogP contribution is 2.23. The third-order valence-corrected chi connectivity index (χ3v) is 5.58. The van der Waals surface area contributed by atoms with E-state index in [1.807, 2.05) is 17.5 Å². The maximum atomic E-state index is 12.5. The summed E-state index contributed by atoms with van der Waals surface area (Å²) in [5, 5.41) is 4.74. The van der Waals surface area contributed by atoms with Gasteiger partial charge in [-0.15, -0.1) is 11.3 Å². The second-order valence-corrected chi connectivity index (χ2v) is 7.61. The summed E-state index contributed by atoms with van der Waals surface area (Å²) in [6, 6.07) is 6.77. The summed E-state index contributed by atoms with van der Waals surface area (Å²) < 4.78 is 4.73. The molecule has 1 amide bonds. The number of H-pyrrole nitrogens is 1. The molecule has 0 saturated heterocycles. The molecule has 0 aliphatic rings. The quantitative estimate of drug-likeness (QED) is 0.535. The molecule has 3 heterocycles. The Morgan fingerprint density at radius 2 is 2.03 bits per heavy atom. The molecule has 0 saturated carbocycles. The summed E-state index contributed by atoms with van der Waals surface area (Å²) in [6.45, 7) is 1.75. The minimum Gasteiger partial charge on any atom is -0.469 e. The fourth-order valence-electron chi connectivity index (χ4n) is 3.02. The second kappa shape index (κ2) is 9.93. The first kappa shape index (κ1) is 21.4. The molecule has 3 rings (SSSR count). The number of aromatic nitrogens is 3. The van der Waals surface area contributed by atoms with Gasteiger partial charge in [0.25, 0.3) is 5.56 Å². The van der Waals surface area contributed by atoms with E-state index >= 15 is 0 Å². The average Bonchev–Trinajstić information content (AvgIpc) is 3.28. The van der Waals surface area contributed by atoms with E-state index in [2.05, 4.69) is 20.3 Å². The molecule has 9 heteroatoms. The molecule has 30 heavy (non-hydrogen) atoms. The number of thiophene rings is 1. The highest BCUT2D eigenvalue weighted by molar-refractivity contribution is 7.10. The third-order valence-electron chi connectivity index (χ3n) is 4.60. The fourth-order valence-corrected chi connectivity index (χ4v) is 3.80. The predicted molar refractivity (Wildman–Crippen MR) is 113 cm³/mol. The van der Waals surface area contributed by atoms with Gasteiger partial charge < -0.3 is 15.0 Å². The first-order chi connectivity index (χ1) is 14.5. The number of aryl methyl sites for hydroxylation is 1. The van der Waals surface area contributed by atoms with Crippen molar-refractivity contribution >= 4 is 23.2 Å². The monoisotopic (exact) mass is 426 g/mol. The van der Waals surface area contributed by atoms with Crippen LogP contribution in [0.4, 0.5) is 0 Å². The molecule has 8 nitrogen and oxygen atoms in total. The molecule has 0 radical (unpaired) electrons. The van der Waals surface area contributed by atoms with Gasteiger partial charge in [-0.3, -0.25) is 19.4 Å². The molecule has 0 aromatic carbocycles. The first-order valence-electron chi connectivity index (χ1n) is 9.37. The number of pyridine rings is 1. The molecule has 0 aliphatic carbocycles. The smallest absolute Gasteiger partial charge is 0.307 e. The third kappa shape index (κ3) is 5.38. The van der Waals surface area contributed by atoms with Crippen molar-refractivity contribution in [2.45, 2.75) is 32.2 Å². The van der Waals surface area contributed by atoms with Gasteiger partial charge in [-0.05, 0) is 36.9 Å². The molecule has 0 fully saturated rings. The van der Waals surface area contributed by atoms with E-state index in [1.165, 1.54) is 18.4 Å². The minimum absolute atomic E-state index is 0.0462. The largest absolute Gasteiger partial charge is 0.469 e. The normalized spacial score (nSPS) is 11.7. The number of methoxy groups -OCH3 is 1. The predicted octanol–water partition coefficient (Wildman–Crippen LogP) is 2.56. The van der Waals surface area contributed by atoms with E-state index in [9.17, 15) is 14.4 Å². The van der Waals surface area contributed by atoms with Crippen molar-refractivity contribution in [2.24, 2.45) is 0 Å². The number of ether oxygens (including phenoxy) is 1. The zero-order valence-corrected chi connectivity index (χ0v) is 17.5. The molecule has 1 atom stereocenters. The molecule has 3 aromatic rings. The van der Waals surface area contributed by atoms with Crippen molar-refractivity contribution < 1.29 is 14.3 Å². The van der Waals surface area contributed by atoms with Gasteiger partial charge in [0.1, 0.15) is 5.82 Å². The summed E-state index contributed by atoms with van der Waals surface area (Å²) in [6.07, 6.45) is 3.64. The van der Waals surface area contributed by atoms with Crippen LogP contribution in [0.3, 0.4) is 0 Å². The van der Waals surface area contributed by atoms with Crippen LogP contribution in [0.5, 0.6) is 0 Å². The zero-order valence-electron chi connectivity index (χ0n) is 16.7. The number of hydrogen-bond donors (Lipinski definition) is 2. The Balaban J connectivity index is 1.68. The van der Waals surface area contributed by atoms with Crippen molar-refractivity contribution in [3.8, 4) is 11.4 Å². The van der Waals surface area contributed by atoms with Crippen LogP contribution in [0.25, 0.3) is 11.4 Å². The summed E-state index contributed by atoms with van der Waals surface area (Å²) in [7, 11) is 1.31. The lowest BCUT2D eigenvalue weighted by Crippen LogP contribution is -2.30. The molecular weight excluding hydrogens is 404 g/mol. The van der Waals surface area contributed by atoms with Crippen molar-refractivity contribution in [2.75, 3.05) is 7.11 Å². The minimum atomic E-state index is -0.462. The van der Waals surface area contributed by atoms with Gasteiger partial charge in [-0.25, -0.2) is 4.98 Å². The standard InChI is InChI=1S/C21H22N4O4S/c1-13-15(21(28)25-20(23-13)14-7-9-22-10-8-14)5-6-18(26)24-16(12-19(27)29-2)17-4-3-11-30-17/h3-4,7-11,16H,5-6,12H2,1-2H3,(H,24,26)(H,23,25,28). The van der Waals surface area contributed by atoms with Gasteiger partial charge in [-0.2, -0.15) is 0 Å². The highest BCUT2D eigenvalue weighted by Gasteiger charge is 2.20. The lowest BCUT2D eigenvalue weighted by molar-refractivity contribution is -0.141. The molecule has 0 spiro atoms. The molecule has 3 aromatic heterocycles. The molecular formula is C21H22N4O4S. The van der Waals surface area contributed by atoms with Crippen molar-refractivity contribution in [3.63, 3.8) is 0 Å². The SMILES string of the molecule is COC(=O)CC(NC(=O)CCc1c(C)nc(-c2ccncc2)[nH]c1=O)c1cccs1. The van der Waals surface area contributed by atoms with Gasteiger partial charge in [-0.1, -0.05) is 6.07 Å². The number of aromatic amines is 1. The summed E-state index contributed by atoms with van der Waals surface area (Å²) in [5.41, 5.74) is 1.52. The van der Waals surface area contributed by atoms with Crippen LogP contribution in [0.2, 0.25) is 0 Å². The lowest BCUT2D eigenvalue weighted by atomic mass is 10.1. The molecule has 0 bridgehead atoms. The Morgan fingerprint density at radius 1 is 1.27 bits per heavy atom. The lowest BCUT2D eigenvalue weighted by Gasteiger charge is -2.16. The van der Waals surface area contributed by atoms with Crippen LogP contribution in [0.1, 0.15) is 35.0 Å². The van der Waals surface area contributed by atoms with E-state index in [0.29, 0.717) is 17.1 Å². The van der Waals surface area contributed by atoms with Gasteiger partial charge in [0, 0.05) is 40.5 Å². The van der Waals surface area contributed by atoms with E-state index < -0.39 is 12.0 Å². The highest BCUT2D eigenvalue weighted by atomic mass is 32.1. The maximum absolute atomic E-state index is 12.5. The summed E-state index contributed by atoms with van der Waals surface area (Å²) in [4.78, 5) is 48.8. The van der Waals surface area contributed by atoms with Gasteiger partial charge in [0.05, 0.1) is 19.6 Å². The number of amides is 1. The Bertz CT molecular complexity index is 1060. The topological polar surface area (TPSA) is 114 Å². The number of nitrogens with one attached hydrogen (secondary N) is 2. The van der Waals surface area contributed by atoms with Crippen LogP contribution in [0, 0.1) is 6.92 Å². The first-order valence-corrected chi connectivity index (χ1v) is 10.3. The summed E-state index contributed by atoms with van der Waals surface area (Å²) >= 11 is 1.45. The van der Waals surface area contributed by atoms with Crippen LogP contribution in [-0.4, -0.2) is 33.9 Å². The van der Waals surface area contributed by atoms with E-state index in [0.717, 1.165) is 10.4 Å². The van der Waals surface area contributed by atoms with Crippen LogP contribution < -0.4 is 10.9 Å². The molecule has 2 N–H and O–H groups in total. The molecule has 0 aliphatic heterocycles. The maximum Gasteiger partial charge on any atom is 0.307 e. The molecule has 1 unspecified atom stereocenters. The van der Waals surface area contributed by atoms with Crippen LogP contribution in [-0.2, 0) is 20.7 Å². The zero-order chi connectivity index (χ0) is 21.5. The van der Waals surface area contributed by atoms with Crippen LogP contribution in [0.15, 0.2) is 46.8 Å². The Kier molecular flexibility index (Phi) is 7.08. The van der Waals surface area contributed by atoms with Crippen molar-refractivity contribution in [1.29, 1.82) is 0 Å². The average molecular weight is 426 g/mol. The Morgan fingerprint density at radius 3 is 2.67 bits per heavy atom. The number of hydrogen-bond acceptors (Lipinski definition) is 7. The number of esters is 1. The number of nitrogens with zero attached hydrogens (tertiary/aromatic N) is 2. The van der Waals surface area contributed by atoms with E-state index in [4.69, 9.17) is 4.74 Å². The van der Waals surface area contributed by atoms with Gasteiger partial charge >= 0.3 is 5.97 Å². The van der Waals surface area contributed by atoms with E-state index in [1.54, 1.807) is 31.5 Å². The van der Waals surface area contributed by atoms with Gasteiger partial charge in [0.2, 0.25) is 5.91 Å². The number of rotatable bonds is 8. The second-order valence-electron chi connectivity index (χ2n) is 6.63. The van der Waals surface area contributed by atoms with Gasteiger partial charge in [0.15, 0.2) is 0 Å². The van der Waals surface area contributed by atoms with Crippen LogP contribution >= 0.6 is 11.3 Å². The Labute approximate surface area is 177 Å². The van der Waals surface area contributed by atoms with E-state index in [-0.39, 0.29) is 30.7 Å². The Hall–Kier alpha value is -3.33. The fraction of sp³-hybridized carbons (Fsp3) is 0.286. The number of carbonyl (C=O) groups excluding carboxylic acids is 2. The summed E-state index contributed by atoms with van der Waals surface area (Å²) in [5.74, 6) is -0.199. The number of carbonyl (C=O) groups is 2.